The first-order valence-electron chi connectivity index (χ1n) is 5.39. The van der Waals surface area contributed by atoms with Crippen molar-refractivity contribution in [2.24, 2.45) is 5.73 Å². The molecular formula is C10H14ClN5O3. The van der Waals surface area contributed by atoms with Crippen LogP contribution in [0.3, 0.4) is 0 Å². The number of nitrogens with zero attached hydrogens (tertiary/aromatic N) is 3. The maximum Gasteiger partial charge on any atom is 0.408 e. The van der Waals surface area contributed by atoms with Crippen LogP contribution in [0.15, 0.2) is 0 Å². The van der Waals surface area contributed by atoms with E-state index in [1.165, 1.54) is 6.92 Å². The van der Waals surface area contributed by atoms with E-state index < -0.39 is 22.1 Å². The molecule has 0 saturated heterocycles. The lowest BCUT2D eigenvalue weighted by Gasteiger charge is -2.21. The molecule has 0 bridgehead atoms. The van der Waals surface area contributed by atoms with Gasteiger partial charge in [0, 0.05) is 18.9 Å². The van der Waals surface area contributed by atoms with Crippen molar-refractivity contribution in [3.05, 3.63) is 21.0 Å². The van der Waals surface area contributed by atoms with Crippen LogP contribution in [-0.2, 0) is 10.2 Å². The summed E-state index contributed by atoms with van der Waals surface area (Å²) in [5, 5.41) is 13.0. The summed E-state index contributed by atoms with van der Waals surface area (Å²) in [5.41, 5.74) is 5.29. The van der Waals surface area contributed by atoms with Crippen molar-refractivity contribution in [3.63, 3.8) is 0 Å². The van der Waals surface area contributed by atoms with Gasteiger partial charge < -0.3 is 21.2 Å². The zero-order chi connectivity index (χ0) is 14.8. The monoisotopic (exact) mass is 287 g/mol. The SMILES string of the molecule is CC(=O)Nc1nc(C(C)(C)CN)c(Cl)nc1[N+](=O)[O-]. The molecule has 104 valence electrons. The van der Waals surface area contributed by atoms with Crippen LogP contribution in [0.25, 0.3) is 0 Å². The van der Waals surface area contributed by atoms with E-state index in [9.17, 15) is 14.9 Å². The summed E-state index contributed by atoms with van der Waals surface area (Å²) in [6.07, 6.45) is 0. The van der Waals surface area contributed by atoms with Crippen LogP contribution in [0.1, 0.15) is 26.5 Å². The minimum Gasteiger partial charge on any atom is -0.358 e. The highest BCUT2D eigenvalue weighted by Crippen LogP contribution is 2.31. The summed E-state index contributed by atoms with van der Waals surface area (Å²) in [7, 11) is 0. The van der Waals surface area contributed by atoms with Gasteiger partial charge in [0.2, 0.25) is 11.7 Å². The van der Waals surface area contributed by atoms with Crippen molar-refractivity contribution in [1.29, 1.82) is 0 Å². The van der Waals surface area contributed by atoms with E-state index in [4.69, 9.17) is 17.3 Å². The number of nitrogens with one attached hydrogen (secondary N) is 1. The van der Waals surface area contributed by atoms with E-state index in [1.807, 2.05) is 0 Å². The number of hydrogen-bond acceptors (Lipinski definition) is 6. The Morgan fingerprint density at radius 1 is 1.53 bits per heavy atom. The summed E-state index contributed by atoms with van der Waals surface area (Å²) in [4.78, 5) is 28.8. The van der Waals surface area contributed by atoms with Gasteiger partial charge in [-0.15, -0.1) is 0 Å². The number of halogens is 1. The summed E-state index contributed by atoms with van der Waals surface area (Å²) < 4.78 is 0. The van der Waals surface area contributed by atoms with Crippen LogP contribution in [0.2, 0.25) is 5.15 Å². The van der Waals surface area contributed by atoms with E-state index in [1.54, 1.807) is 13.8 Å². The maximum atomic E-state index is 11.0. The molecule has 0 unspecified atom stereocenters. The number of rotatable bonds is 4. The molecule has 9 heteroatoms. The lowest BCUT2D eigenvalue weighted by Crippen LogP contribution is -2.30. The van der Waals surface area contributed by atoms with Gasteiger partial charge in [-0.2, -0.15) is 0 Å². The van der Waals surface area contributed by atoms with Gasteiger partial charge >= 0.3 is 5.82 Å². The topological polar surface area (TPSA) is 124 Å². The predicted octanol–water partition coefficient (Wildman–Crippen LogP) is 1.23. The fourth-order valence-corrected chi connectivity index (χ4v) is 1.69. The Morgan fingerprint density at radius 3 is 2.53 bits per heavy atom. The minimum absolute atomic E-state index is 0.101. The first kappa shape index (κ1) is 15.3. The van der Waals surface area contributed by atoms with Crippen molar-refractivity contribution in [3.8, 4) is 0 Å². The molecule has 1 heterocycles. The summed E-state index contributed by atoms with van der Waals surface area (Å²) in [6.45, 7) is 4.98. The van der Waals surface area contributed by atoms with E-state index >= 15 is 0 Å². The van der Waals surface area contributed by atoms with E-state index in [-0.39, 0.29) is 17.5 Å². The number of carbonyl (C=O) groups is 1. The summed E-state index contributed by atoms with van der Waals surface area (Å²) in [6, 6.07) is 0. The molecule has 0 aromatic carbocycles. The Kier molecular flexibility index (Phi) is 4.38. The zero-order valence-corrected chi connectivity index (χ0v) is 11.5. The highest BCUT2D eigenvalue weighted by molar-refractivity contribution is 6.30. The predicted molar refractivity (Wildman–Crippen MR) is 70.1 cm³/mol. The second-order valence-electron chi connectivity index (χ2n) is 4.56. The van der Waals surface area contributed by atoms with Crippen LogP contribution in [-0.4, -0.2) is 27.3 Å². The van der Waals surface area contributed by atoms with Crippen LogP contribution >= 0.6 is 11.6 Å². The van der Waals surface area contributed by atoms with Gasteiger partial charge in [0.05, 0.1) is 0 Å². The lowest BCUT2D eigenvalue weighted by atomic mass is 9.90. The maximum absolute atomic E-state index is 11.0. The average Bonchev–Trinajstić information content (AvgIpc) is 2.29. The number of nitro groups is 1. The minimum atomic E-state index is -0.761. The molecule has 0 aliphatic heterocycles. The fourth-order valence-electron chi connectivity index (χ4n) is 1.31. The molecule has 1 rings (SSSR count). The third-order valence-corrected chi connectivity index (χ3v) is 2.72. The van der Waals surface area contributed by atoms with Crippen molar-refractivity contribution in [1.82, 2.24) is 9.97 Å². The van der Waals surface area contributed by atoms with Gasteiger partial charge in [0.25, 0.3) is 5.15 Å². The van der Waals surface area contributed by atoms with Crippen LogP contribution in [0, 0.1) is 10.1 Å². The molecule has 0 saturated carbocycles. The normalized spacial score (nSPS) is 11.2. The second kappa shape index (κ2) is 5.45. The Labute approximate surface area is 114 Å². The first-order valence-corrected chi connectivity index (χ1v) is 5.77. The molecule has 0 fully saturated rings. The standard InChI is InChI=1S/C10H14ClN5O3/c1-5(17)13-8-9(16(18)19)15-7(11)6(14-8)10(2,3)4-12/h4,12H2,1-3H3,(H,13,14,17). The molecular weight excluding hydrogens is 274 g/mol. The number of amides is 1. The Morgan fingerprint density at radius 2 is 2.11 bits per heavy atom. The third kappa shape index (κ3) is 3.36. The Hall–Kier alpha value is -1.80. The Balaban J connectivity index is 3.46. The molecule has 1 aromatic heterocycles. The molecule has 0 aliphatic rings. The molecule has 0 spiro atoms. The van der Waals surface area contributed by atoms with E-state index in [0.717, 1.165) is 0 Å². The van der Waals surface area contributed by atoms with Crippen molar-refractivity contribution >= 4 is 29.1 Å². The van der Waals surface area contributed by atoms with Crippen molar-refractivity contribution in [2.75, 3.05) is 11.9 Å². The molecule has 0 aliphatic carbocycles. The lowest BCUT2D eigenvalue weighted by molar-refractivity contribution is -0.388. The summed E-state index contributed by atoms with van der Waals surface area (Å²) in [5.74, 6) is -1.33. The second-order valence-corrected chi connectivity index (χ2v) is 4.92. The van der Waals surface area contributed by atoms with Crippen LogP contribution in [0.4, 0.5) is 11.6 Å². The number of anilines is 1. The van der Waals surface area contributed by atoms with Gasteiger partial charge in [-0.3, -0.25) is 4.79 Å². The van der Waals surface area contributed by atoms with Crippen LogP contribution in [0.5, 0.6) is 0 Å². The number of carbonyl (C=O) groups excluding carboxylic acids is 1. The number of nitrogens with two attached hydrogens (primary N) is 1. The average molecular weight is 288 g/mol. The molecule has 0 atom stereocenters. The highest BCUT2D eigenvalue weighted by Gasteiger charge is 2.31. The van der Waals surface area contributed by atoms with Gasteiger partial charge in [0.1, 0.15) is 5.69 Å². The fraction of sp³-hybridized carbons (Fsp3) is 0.500. The van der Waals surface area contributed by atoms with Gasteiger partial charge in [0.15, 0.2) is 0 Å². The molecule has 1 amide bonds. The van der Waals surface area contributed by atoms with Crippen molar-refractivity contribution < 1.29 is 9.72 Å². The number of aromatic nitrogens is 2. The highest BCUT2D eigenvalue weighted by atomic mass is 35.5. The van der Waals surface area contributed by atoms with Gasteiger partial charge in [-0.1, -0.05) is 13.8 Å². The molecule has 0 radical (unpaired) electrons. The van der Waals surface area contributed by atoms with Crippen molar-refractivity contribution in [2.45, 2.75) is 26.2 Å². The van der Waals surface area contributed by atoms with Gasteiger partial charge in [-0.25, -0.2) is 4.98 Å². The summed E-state index contributed by atoms with van der Waals surface area (Å²) >= 11 is 5.90. The quantitative estimate of drug-likeness (QED) is 0.634. The molecule has 3 N–H and O–H groups in total. The van der Waals surface area contributed by atoms with E-state index in [0.29, 0.717) is 5.69 Å². The number of hydrogen-bond donors (Lipinski definition) is 2. The smallest absolute Gasteiger partial charge is 0.358 e. The largest absolute Gasteiger partial charge is 0.408 e. The van der Waals surface area contributed by atoms with Gasteiger partial charge in [-0.05, 0) is 21.5 Å². The van der Waals surface area contributed by atoms with E-state index in [2.05, 4.69) is 15.3 Å². The van der Waals surface area contributed by atoms with Crippen LogP contribution < -0.4 is 11.1 Å². The Bertz CT molecular complexity index is 532. The molecule has 8 nitrogen and oxygen atoms in total. The molecule has 1 aromatic rings. The molecule has 19 heavy (non-hydrogen) atoms. The zero-order valence-electron chi connectivity index (χ0n) is 10.7. The first-order chi connectivity index (χ1) is 8.69. The third-order valence-electron chi connectivity index (χ3n) is 2.45.